The summed E-state index contributed by atoms with van der Waals surface area (Å²) in [5.41, 5.74) is 7.99. The maximum atomic E-state index is 5.82. The summed E-state index contributed by atoms with van der Waals surface area (Å²) in [5, 5.41) is 7.07. The van der Waals surface area contributed by atoms with E-state index in [4.69, 9.17) is 15.0 Å². The summed E-state index contributed by atoms with van der Waals surface area (Å²) in [4.78, 5) is 4.30. The Morgan fingerprint density at radius 3 is 2.90 bits per heavy atom. The van der Waals surface area contributed by atoms with Crippen LogP contribution in [0.1, 0.15) is 36.3 Å². The molecule has 1 aromatic rings. The molecular weight excluding hydrogens is 383 g/mol. The lowest BCUT2D eigenvalue weighted by Gasteiger charge is -2.08. The third-order valence-corrected chi connectivity index (χ3v) is 3.58. The second-order valence-electron chi connectivity index (χ2n) is 5.19. The molecule has 0 saturated carbocycles. The molecule has 0 amide bonds. The van der Waals surface area contributed by atoms with Crippen LogP contribution in [0, 0.1) is 13.8 Å². The topological polar surface area (TPSA) is 85.7 Å². The van der Waals surface area contributed by atoms with E-state index in [1.54, 1.807) is 0 Å². The lowest BCUT2D eigenvalue weighted by molar-refractivity contribution is 0.118. The van der Waals surface area contributed by atoms with Crippen molar-refractivity contribution in [1.82, 2.24) is 10.5 Å². The van der Waals surface area contributed by atoms with Crippen LogP contribution in [-0.2, 0) is 11.2 Å². The number of ether oxygens (including phenoxy) is 1. The highest BCUT2D eigenvalue weighted by Gasteiger charge is 2.14. The average Bonchev–Trinajstić information content (AvgIpc) is 3.05. The highest BCUT2D eigenvalue weighted by atomic mass is 127. The molecule has 1 aliphatic rings. The van der Waals surface area contributed by atoms with Gasteiger partial charge in [0.15, 0.2) is 5.96 Å². The van der Waals surface area contributed by atoms with Gasteiger partial charge in [-0.2, -0.15) is 0 Å². The number of hydrogen-bond acceptors (Lipinski definition) is 4. The van der Waals surface area contributed by atoms with Gasteiger partial charge in [0.05, 0.1) is 18.3 Å². The first kappa shape index (κ1) is 18.2. The quantitative estimate of drug-likeness (QED) is 0.325. The van der Waals surface area contributed by atoms with Crippen LogP contribution < -0.4 is 11.1 Å². The van der Waals surface area contributed by atoms with Gasteiger partial charge < -0.3 is 20.3 Å². The van der Waals surface area contributed by atoms with Crippen molar-refractivity contribution in [3.05, 3.63) is 17.0 Å². The molecular formula is C14H25IN4O2. The van der Waals surface area contributed by atoms with Crippen molar-refractivity contribution < 1.29 is 9.26 Å². The van der Waals surface area contributed by atoms with Crippen molar-refractivity contribution >= 4 is 29.9 Å². The summed E-state index contributed by atoms with van der Waals surface area (Å²) in [7, 11) is 0. The van der Waals surface area contributed by atoms with Crippen LogP contribution in [0.4, 0.5) is 0 Å². The maximum absolute atomic E-state index is 5.82. The number of hydrogen-bond donors (Lipinski definition) is 2. The smallest absolute Gasteiger partial charge is 0.188 e. The summed E-state index contributed by atoms with van der Waals surface area (Å²) in [5.74, 6) is 1.40. The molecule has 0 aromatic carbocycles. The van der Waals surface area contributed by atoms with Crippen molar-refractivity contribution in [3.8, 4) is 0 Å². The Labute approximate surface area is 142 Å². The Kier molecular flexibility index (Phi) is 8.02. The van der Waals surface area contributed by atoms with Gasteiger partial charge in [0.1, 0.15) is 5.76 Å². The van der Waals surface area contributed by atoms with E-state index in [1.165, 1.54) is 5.56 Å². The van der Waals surface area contributed by atoms with Gasteiger partial charge in [-0.05, 0) is 39.5 Å². The summed E-state index contributed by atoms with van der Waals surface area (Å²) in [6.45, 7) is 6.22. The van der Waals surface area contributed by atoms with E-state index in [9.17, 15) is 0 Å². The minimum atomic E-state index is 0. The first-order valence-corrected chi connectivity index (χ1v) is 7.24. The molecule has 120 valence electrons. The Morgan fingerprint density at radius 2 is 2.29 bits per heavy atom. The number of halogens is 1. The molecule has 2 rings (SSSR count). The van der Waals surface area contributed by atoms with E-state index in [2.05, 4.69) is 15.5 Å². The van der Waals surface area contributed by atoms with Crippen molar-refractivity contribution in [2.24, 2.45) is 10.7 Å². The molecule has 6 nitrogen and oxygen atoms in total. The largest absolute Gasteiger partial charge is 0.376 e. The number of aromatic nitrogens is 1. The Bertz CT molecular complexity index is 436. The van der Waals surface area contributed by atoms with Gasteiger partial charge >= 0.3 is 0 Å². The van der Waals surface area contributed by atoms with Gasteiger partial charge in [-0.25, -0.2) is 0 Å². The van der Waals surface area contributed by atoms with Crippen LogP contribution in [0.3, 0.4) is 0 Å². The number of guanidine groups is 1. The van der Waals surface area contributed by atoms with E-state index in [-0.39, 0.29) is 30.1 Å². The zero-order chi connectivity index (χ0) is 14.4. The van der Waals surface area contributed by atoms with E-state index in [1.807, 2.05) is 13.8 Å². The van der Waals surface area contributed by atoms with Gasteiger partial charge in [-0.3, -0.25) is 4.99 Å². The van der Waals surface area contributed by atoms with Crippen LogP contribution in [-0.4, -0.2) is 36.9 Å². The van der Waals surface area contributed by atoms with Crippen LogP contribution >= 0.6 is 24.0 Å². The van der Waals surface area contributed by atoms with Gasteiger partial charge in [0.25, 0.3) is 0 Å². The van der Waals surface area contributed by atoms with Crippen molar-refractivity contribution in [1.29, 1.82) is 0 Å². The number of nitrogens with zero attached hydrogens (tertiary/aromatic N) is 2. The third-order valence-electron chi connectivity index (χ3n) is 3.58. The van der Waals surface area contributed by atoms with Crippen molar-refractivity contribution in [3.63, 3.8) is 0 Å². The predicted octanol–water partition coefficient (Wildman–Crippen LogP) is 1.93. The summed E-state index contributed by atoms with van der Waals surface area (Å²) in [6, 6.07) is 0. The minimum Gasteiger partial charge on any atom is -0.376 e. The van der Waals surface area contributed by atoms with Gasteiger partial charge in [-0.15, -0.1) is 24.0 Å². The van der Waals surface area contributed by atoms with Gasteiger partial charge in [0, 0.05) is 18.7 Å². The minimum absolute atomic E-state index is 0. The standard InChI is InChI=1S/C14H24N4O2.HI/c1-10-13(11(2)20-18-10)6-3-7-16-14(15)17-9-12-5-4-8-19-12;/h12H,3-9H2,1-2H3,(H3,15,16,17);1H. The average molecular weight is 408 g/mol. The molecule has 1 unspecified atom stereocenters. The van der Waals surface area contributed by atoms with Crippen LogP contribution in [0.25, 0.3) is 0 Å². The summed E-state index contributed by atoms with van der Waals surface area (Å²) >= 11 is 0. The zero-order valence-electron chi connectivity index (χ0n) is 12.7. The molecule has 0 aliphatic carbocycles. The molecule has 1 aliphatic heterocycles. The molecule has 2 heterocycles. The summed E-state index contributed by atoms with van der Waals surface area (Å²) in [6.07, 6.45) is 4.37. The predicted molar refractivity (Wildman–Crippen MR) is 93.2 cm³/mol. The van der Waals surface area contributed by atoms with Gasteiger partial charge in [-0.1, -0.05) is 5.16 Å². The molecule has 1 aromatic heterocycles. The normalized spacial score (nSPS) is 18.6. The second kappa shape index (κ2) is 9.24. The van der Waals surface area contributed by atoms with Crippen molar-refractivity contribution in [2.45, 2.75) is 45.6 Å². The monoisotopic (exact) mass is 408 g/mol. The second-order valence-corrected chi connectivity index (χ2v) is 5.19. The molecule has 0 bridgehead atoms. The number of nitrogens with one attached hydrogen (secondary N) is 1. The first-order valence-electron chi connectivity index (χ1n) is 7.24. The van der Waals surface area contributed by atoms with E-state index in [0.29, 0.717) is 12.5 Å². The molecule has 7 heteroatoms. The molecule has 1 atom stereocenters. The Morgan fingerprint density at radius 1 is 1.48 bits per heavy atom. The number of aliphatic imine (C=N–C) groups is 1. The molecule has 21 heavy (non-hydrogen) atoms. The molecule has 0 radical (unpaired) electrons. The molecule has 3 N–H and O–H groups in total. The lowest BCUT2D eigenvalue weighted by Crippen LogP contribution is -2.33. The maximum Gasteiger partial charge on any atom is 0.188 e. The van der Waals surface area contributed by atoms with Crippen LogP contribution in [0.15, 0.2) is 9.52 Å². The highest BCUT2D eigenvalue weighted by Crippen LogP contribution is 2.14. The van der Waals surface area contributed by atoms with E-state index >= 15 is 0 Å². The molecule has 0 spiro atoms. The van der Waals surface area contributed by atoms with Crippen LogP contribution in [0.2, 0.25) is 0 Å². The fraction of sp³-hybridized carbons (Fsp3) is 0.714. The number of rotatable bonds is 6. The number of nitrogens with two attached hydrogens (primary N) is 1. The van der Waals surface area contributed by atoms with E-state index < -0.39 is 0 Å². The number of aryl methyl sites for hydroxylation is 2. The fourth-order valence-corrected chi connectivity index (χ4v) is 2.38. The van der Waals surface area contributed by atoms with Gasteiger partial charge in [0.2, 0.25) is 0 Å². The Hall–Kier alpha value is -0.830. The van der Waals surface area contributed by atoms with Crippen molar-refractivity contribution in [2.75, 3.05) is 19.7 Å². The fourth-order valence-electron chi connectivity index (χ4n) is 2.38. The molecule has 1 fully saturated rings. The first-order chi connectivity index (χ1) is 9.66. The Balaban J connectivity index is 0.00000220. The summed E-state index contributed by atoms with van der Waals surface area (Å²) < 4.78 is 10.6. The zero-order valence-corrected chi connectivity index (χ0v) is 15.1. The third kappa shape index (κ3) is 5.82. The van der Waals surface area contributed by atoms with Crippen LogP contribution in [0.5, 0.6) is 0 Å². The lowest BCUT2D eigenvalue weighted by atomic mass is 10.1. The SMILES string of the molecule is Cc1noc(C)c1CCCNC(N)=NCC1CCCO1.I. The highest BCUT2D eigenvalue weighted by molar-refractivity contribution is 14.0. The molecule has 1 saturated heterocycles. The van der Waals surface area contributed by atoms with E-state index in [0.717, 1.165) is 50.3 Å².